The standard InChI is InChI=1S/3C19H27F2NO2.C10H18F2N2O2.C10H17F2NO4.C8H11N/c3*1-14(15-8-6-5-7-9-15)12-16-10-11-22(13-19(16,20)21)17(23)24-18(2,3)4;1-9(2,3)16-8(15)14-5-4-7(13)10(11,12)6-14;1-8(2,3)17-7(14)13-5-4-10(15,16)9(11,12)6-13;1-7(9)8-5-3-2-4-6-8/h3*5-9,14,16H,10-13H2,1-4H3;7H,4-6,13H2,1-3H3;15-16H,4-6H2,1-3H3;2-7H,9H2,1H3/t3*14-,16?;;;7-/m000..1/s1. The highest BCUT2D eigenvalue weighted by atomic mass is 19.3. The van der Waals surface area contributed by atoms with Crippen molar-refractivity contribution in [3.8, 4) is 0 Å². The van der Waals surface area contributed by atoms with E-state index in [9.17, 15) is 67.9 Å². The molecule has 8 atom stereocenters. The Kier molecular flexibility index (Phi) is 35.5. The number of halogens is 10. The normalized spacial score (nSPS) is 22.0. The Balaban J connectivity index is 0.000000294. The molecule has 6 N–H and O–H groups in total. The van der Waals surface area contributed by atoms with E-state index in [0.29, 0.717) is 58.2 Å². The highest BCUT2D eigenvalue weighted by molar-refractivity contribution is 5.70. The lowest BCUT2D eigenvalue weighted by molar-refractivity contribution is -0.315. The minimum Gasteiger partial charge on any atom is -0.444 e. The van der Waals surface area contributed by atoms with Gasteiger partial charge in [0.2, 0.25) is 5.79 Å². The number of ether oxygens (including phenoxy) is 5. The second-order valence-corrected chi connectivity index (χ2v) is 35.5. The SMILES string of the molecule is CC(C)(C)OC(=O)N1CCC(N)C(F)(F)C1.CC(C)(C)OC(=O)N1CCC(O)(O)C(F)(F)C1.C[C@@H](CC1CCN(C(=O)OC(C)(C)C)CC1(F)F)c1ccccc1.C[C@@H](CC1CCN(C(=O)OC(C)(C)C)CC1(F)F)c1ccccc1.C[C@@H](CC1CCN(C(=O)OC(C)(C)C)CC1(F)F)c1ccccc1.C[C@@H](N)c1ccccc1. The third-order valence-electron chi connectivity index (χ3n) is 19.2. The van der Waals surface area contributed by atoms with Crippen LogP contribution in [0.25, 0.3) is 0 Å². The lowest BCUT2D eigenvalue weighted by atomic mass is 9.82. The molecular formula is C85H127F10N7O12. The van der Waals surface area contributed by atoms with Gasteiger partial charge < -0.3 is 69.9 Å². The lowest BCUT2D eigenvalue weighted by Crippen LogP contribution is -2.61. The van der Waals surface area contributed by atoms with Gasteiger partial charge in [0.05, 0.1) is 38.8 Å². The number of nitrogens with zero attached hydrogens (tertiary/aromatic N) is 5. The molecule has 29 heteroatoms. The van der Waals surface area contributed by atoms with E-state index < -0.39 is 157 Å². The smallest absolute Gasteiger partial charge is 0.410 e. The minimum absolute atomic E-state index is 0.0650. The molecule has 0 spiro atoms. The Hall–Kier alpha value is -7.63. The van der Waals surface area contributed by atoms with Crippen molar-refractivity contribution in [2.75, 3.05) is 65.4 Å². The summed E-state index contributed by atoms with van der Waals surface area (Å²) in [5, 5.41) is 18.1. The van der Waals surface area contributed by atoms with Crippen molar-refractivity contribution in [3.05, 3.63) is 144 Å². The molecule has 0 saturated carbocycles. The molecule has 4 aromatic carbocycles. The molecule has 9 rings (SSSR count). The number of carbonyl (C=O) groups is 5. The number of likely N-dealkylation sites (tertiary alicyclic amines) is 5. The summed E-state index contributed by atoms with van der Waals surface area (Å²) in [5.41, 5.74) is 11.8. The van der Waals surface area contributed by atoms with Crippen LogP contribution < -0.4 is 11.5 Å². The van der Waals surface area contributed by atoms with E-state index in [1.807, 2.05) is 149 Å². The van der Waals surface area contributed by atoms with Crippen LogP contribution in [0.4, 0.5) is 67.9 Å². The summed E-state index contributed by atoms with van der Waals surface area (Å²) >= 11 is 0. The van der Waals surface area contributed by atoms with Crippen molar-refractivity contribution in [1.82, 2.24) is 24.5 Å². The van der Waals surface area contributed by atoms with Gasteiger partial charge in [0.1, 0.15) is 28.0 Å². The van der Waals surface area contributed by atoms with Crippen LogP contribution in [0.1, 0.15) is 229 Å². The van der Waals surface area contributed by atoms with Crippen molar-refractivity contribution in [1.29, 1.82) is 0 Å². The van der Waals surface area contributed by atoms with Crippen LogP contribution >= 0.6 is 0 Å². The van der Waals surface area contributed by atoms with Gasteiger partial charge in [0.15, 0.2) is 0 Å². The van der Waals surface area contributed by atoms with Gasteiger partial charge >= 0.3 is 36.4 Å². The largest absolute Gasteiger partial charge is 0.444 e. The maximum absolute atomic E-state index is 14.5. The molecule has 5 amide bonds. The van der Waals surface area contributed by atoms with Crippen LogP contribution in [0.2, 0.25) is 0 Å². The predicted octanol–water partition coefficient (Wildman–Crippen LogP) is 19.5. The molecule has 0 aromatic heterocycles. The number of nitrogens with two attached hydrogens (primary N) is 2. The third-order valence-corrected chi connectivity index (χ3v) is 19.2. The zero-order valence-corrected chi connectivity index (χ0v) is 70.0. The number of benzene rings is 4. The number of alkyl halides is 10. The first-order chi connectivity index (χ1) is 52.1. The lowest BCUT2D eigenvalue weighted by Gasteiger charge is -2.40. The summed E-state index contributed by atoms with van der Waals surface area (Å²) in [7, 11) is 0. The van der Waals surface area contributed by atoms with Gasteiger partial charge in [-0.1, -0.05) is 142 Å². The van der Waals surface area contributed by atoms with Crippen LogP contribution in [-0.2, 0) is 23.7 Å². The molecule has 0 radical (unpaired) electrons. The molecule has 114 heavy (non-hydrogen) atoms. The van der Waals surface area contributed by atoms with Crippen LogP contribution in [0.3, 0.4) is 0 Å². The molecule has 5 heterocycles. The molecule has 644 valence electrons. The van der Waals surface area contributed by atoms with E-state index in [1.165, 1.54) is 5.56 Å². The van der Waals surface area contributed by atoms with E-state index in [-0.39, 0.29) is 43.3 Å². The molecule has 4 unspecified atom stereocenters. The number of amides is 5. The number of aliphatic hydroxyl groups is 2. The predicted molar refractivity (Wildman–Crippen MR) is 420 cm³/mol. The average molecular weight is 1630 g/mol. The fraction of sp³-hybridized carbons (Fsp3) is 0.659. The van der Waals surface area contributed by atoms with Crippen LogP contribution in [-0.4, -0.2) is 200 Å². The van der Waals surface area contributed by atoms with Gasteiger partial charge in [-0.05, 0) is 196 Å². The van der Waals surface area contributed by atoms with Crippen LogP contribution in [0.5, 0.6) is 0 Å². The van der Waals surface area contributed by atoms with E-state index in [2.05, 4.69) is 0 Å². The molecule has 5 aliphatic rings. The fourth-order valence-electron chi connectivity index (χ4n) is 12.9. The second-order valence-electron chi connectivity index (χ2n) is 35.5. The quantitative estimate of drug-likeness (QED) is 0.0656. The highest BCUT2D eigenvalue weighted by Crippen LogP contribution is 2.44. The molecule has 19 nitrogen and oxygen atoms in total. The Bertz CT molecular complexity index is 3350. The van der Waals surface area contributed by atoms with E-state index in [1.54, 1.807) is 104 Å². The topological polar surface area (TPSA) is 240 Å². The van der Waals surface area contributed by atoms with Gasteiger partial charge in [0, 0.05) is 62.9 Å². The van der Waals surface area contributed by atoms with Crippen LogP contribution in [0.15, 0.2) is 121 Å². The van der Waals surface area contributed by atoms with Crippen molar-refractivity contribution < 1.29 is 102 Å². The Morgan fingerprint density at radius 1 is 0.368 bits per heavy atom. The molecule has 0 aliphatic carbocycles. The van der Waals surface area contributed by atoms with Gasteiger partial charge in [-0.2, -0.15) is 8.78 Å². The maximum Gasteiger partial charge on any atom is 0.410 e. The Morgan fingerprint density at radius 3 is 0.789 bits per heavy atom. The minimum atomic E-state index is -3.76. The first kappa shape index (κ1) is 98.7. The van der Waals surface area contributed by atoms with Crippen LogP contribution in [0, 0.1) is 17.8 Å². The van der Waals surface area contributed by atoms with Crippen molar-refractivity contribution >= 4 is 30.5 Å². The van der Waals surface area contributed by atoms with E-state index in [4.69, 9.17) is 45.4 Å². The average Bonchev–Trinajstić information content (AvgIpc) is 0.787. The third kappa shape index (κ3) is 33.9. The molecule has 5 saturated heterocycles. The number of piperidine rings is 5. The molecule has 0 bridgehead atoms. The van der Waals surface area contributed by atoms with Gasteiger partial charge in [0.25, 0.3) is 23.7 Å². The number of hydrogen-bond donors (Lipinski definition) is 4. The van der Waals surface area contributed by atoms with Crippen molar-refractivity contribution in [2.45, 2.75) is 276 Å². The van der Waals surface area contributed by atoms with Gasteiger partial charge in [-0.25, -0.2) is 59.1 Å². The van der Waals surface area contributed by atoms with Crippen molar-refractivity contribution in [3.63, 3.8) is 0 Å². The molecule has 5 aliphatic heterocycles. The highest BCUT2D eigenvalue weighted by Gasteiger charge is 2.57. The Morgan fingerprint density at radius 2 is 0.588 bits per heavy atom. The zero-order chi connectivity index (χ0) is 86.6. The second kappa shape index (κ2) is 41.0. The van der Waals surface area contributed by atoms with Gasteiger partial charge in [-0.15, -0.1) is 0 Å². The molecule has 5 fully saturated rings. The first-order valence-electron chi connectivity index (χ1n) is 39.1. The maximum atomic E-state index is 14.5. The van der Waals surface area contributed by atoms with Crippen molar-refractivity contribution in [2.24, 2.45) is 29.2 Å². The van der Waals surface area contributed by atoms with Gasteiger partial charge in [-0.3, -0.25) is 0 Å². The Labute approximate surface area is 668 Å². The summed E-state index contributed by atoms with van der Waals surface area (Å²) < 4.78 is 166. The monoisotopic (exact) mass is 1630 g/mol. The summed E-state index contributed by atoms with van der Waals surface area (Å²) in [6.45, 7) is 31.0. The fourth-order valence-corrected chi connectivity index (χ4v) is 12.9. The number of rotatable bonds is 10. The van der Waals surface area contributed by atoms with E-state index >= 15 is 0 Å². The summed E-state index contributed by atoms with van der Waals surface area (Å²) in [6, 6.07) is 38.2. The summed E-state index contributed by atoms with van der Waals surface area (Å²) in [6.07, 6.45) is -1.95. The molecular weight excluding hydrogens is 1500 g/mol. The number of carbonyl (C=O) groups excluding carboxylic acids is 5. The summed E-state index contributed by atoms with van der Waals surface area (Å²) in [4.78, 5) is 64.3. The summed E-state index contributed by atoms with van der Waals surface area (Å²) in [5.74, 6) is -20.5. The first-order valence-corrected chi connectivity index (χ1v) is 39.1. The molecule has 4 aromatic rings. The van der Waals surface area contributed by atoms with E-state index in [0.717, 1.165) is 41.2 Å². The number of hydrogen-bond acceptors (Lipinski definition) is 14. The zero-order valence-electron chi connectivity index (χ0n) is 70.0.